The molecule has 0 fully saturated rings. The summed E-state index contributed by atoms with van der Waals surface area (Å²) in [6.45, 7) is 0. The zero-order valence-electron chi connectivity index (χ0n) is 11.7. The normalized spacial score (nSPS) is 10.5. The maximum atomic E-state index is 5.19. The number of methoxy groups -OCH3 is 1. The first-order valence-corrected chi connectivity index (χ1v) is 6.64. The van der Waals surface area contributed by atoms with Crippen LogP contribution in [-0.4, -0.2) is 14.2 Å². The van der Waals surface area contributed by atoms with Gasteiger partial charge in [0, 0.05) is 18.4 Å². The highest BCUT2D eigenvalue weighted by molar-refractivity contribution is 5.86. The minimum Gasteiger partial charge on any atom is -0.497 e. The summed E-state index contributed by atoms with van der Waals surface area (Å²) in [7, 11) is 3.76. The maximum Gasteiger partial charge on any atom is 0.119 e. The molecule has 0 amide bonds. The molecule has 0 aliphatic carbocycles. The Hall–Kier alpha value is -2.48. The Morgan fingerprint density at radius 1 is 0.750 bits per heavy atom. The van der Waals surface area contributed by atoms with E-state index < -0.39 is 0 Å². The van der Waals surface area contributed by atoms with E-state index in [1.165, 1.54) is 16.5 Å². The lowest BCUT2D eigenvalue weighted by molar-refractivity contribution is 0.415. The summed E-state index contributed by atoms with van der Waals surface area (Å²) in [6.07, 6.45) is 0. The smallest absolute Gasteiger partial charge is 0.119 e. The third-order valence-electron chi connectivity index (χ3n) is 3.58. The van der Waals surface area contributed by atoms with Crippen molar-refractivity contribution in [1.29, 1.82) is 0 Å². The Bertz CT molecular complexity index is 719. The first-order chi connectivity index (χ1) is 9.78. The SMILES string of the molecule is COc1ccc(N(C)c2ccc3ccccc3c2)cc1. The summed E-state index contributed by atoms with van der Waals surface area (Å²) in [4.78, 5) is 2.17. The number of rotatable bonds is 3. The van der Waals surface area contributed by atoms with Gasteiger partial charge in [-0.05, 0) is 47.2 Å². The van der Waals surface area contributed by atoms with Crippen LogP contribution >= 0.6 is 0 Å². The fourth-order valence-electron chi connectivity index (χ4n) is 2.34. The van der Waals surface area contributed by atoms with Crippen LogP contribution in [0, 0.1) is 0 Å². The van der Waals surface area contributed by atoms with Gasteiger partial charge in [-0.1, -0.05) is 30.3 Å². The van der Waals surface area contributed by atoms with Crippen molar-refractivity contribution in [3.05, 3.63) is 66.7 Å². The molecule has 3 aromatic rings. The van der Waals surface area contributed by atoms with Gasteiger partial charge < -0.3 is 9.64 Å². The molecule has 0 aliphatic heterocycles. The van der Waals surface area contributed by atoms with Crippen LogP contribution < -0.4 is 9.64 Å². The Labute approximate surface area is 119 Å². The Balaban J connectivity index is 1.96. The highest BCUT2D eigenvalue weighted by Gasteiger charge is 2.05. The van der Waals surface area contributed by atoms with E-state index in [9.17, 15) is 0 Å². The zero-order chi connectivity index (χ0) is 13.9. The predicted octanol–water partition coefficient (Wildman–Crippen LogP) is 4.62. The highest BCUT2D eigenvalue weighted by Crippen LogP contribution is 2.28. The summed E-state index contributed by atoms with van der Waals surface area (Å²) < 4.78 is 5.19. The first kappa shape index (κ1) is 12.5. The van der Waals surface area contributed by atoms with Crippen LogP contribution in [0.25, 0.3) is 10.8 Å². The number of hydrogen-bond donors (Lipinski definition) is 0. The highest BCUT2D eigenvalue weighted by atomic mass is 16.5. The van der Waals surface area contributed by atoms with Crippen molar-refractivity contribution in [1.82, 2.24) is 0 Å². The van der Waals surface area contributed by atoms with Crippen LogP contribution in [0.15, 0.2) is 66.7 Å². The van der Waals surface area contributed by atoms with E-state index in [-0.39, 0.29) is 0 Å². The van der Waals surface area contributed by atoms with Crippen LogP contribution in [-0.2, 0) is 0 Å². The summed E-state index contributed by atoms with van der Waals surface area (Å²) in [5.41, 5.74) is 2.31. The second-order valence-electron chi connectivity index (χ2n) is 4.79. The molecule has 0 unspecified atom stereocenters. The third-order valence-corrected chi connectivity index (χ3v) is 3.58. The molecule has 0 heterocycles. The van der Waals surface area contributed by atoms with E-state index >= 15 is 0 Å². The fraction of sp³-hybridized carbons (Fsp3) is 0.111. The molecule has 0 N–H and O–H groups in total. The van der Waals surface area contributed by atoms with E-state index in [0.29, 0.717) is 0 Å². The number of nitrogens with zero attached hydrogens (tertiary/aromatic N) is 1. The largest absolute Gasteiger partial charge is 0.497 e. The monoisotopic (exact) mass is 263 g/mol. The predicted molar refractivity (Wildman–Crippen MR) is 85.0 cm³/mol. The lowest BCUT2D eigenvalue weighted by Gasteiger charge is -2.20. The number of anilines is 2. The average molecular weight is 263 g/mol. The van der Waals surface area contributed by atoms with Crippen molar-refractivity contribution >= 4 is 22.1 Å². The second-order valence-corrected chi connectivity index (χ2v) is 4.79. The van der Waals surface area contributed by atoms with Crippen molar-refractivity contribution in [3.8, 4) is 5.75 Å². The van der Waals surface area contributed by atoms with Crippen LogP contribution in [0.4, 0.5) is 11.4 Å². The van der Waals surface area contributed by atoms with E-state index in [0.717, 1.165) is 11.4 Å². The molecular formula is C18H17NO. The molecule has 3 aromatic carbocycles. The molecule has 2 nitrogen and oxygen atoms in total. The number of fused-ring (bicyclic) bond motifs is 1. The van der Waals surface area contributed by atoms with Crippen LogP contribution in [0.3, 0.4) is 0 Å². The second kappa shape index (κ2) is 5.25. The molecule has 0 aromatic heterocycles. The van der Waals surface area contributed by atoms with Gasteiger partial charge in [0.25, 0.3) is 0 Å². The molecule has 3 rings (SSSR count). The summed E-state index contributed by atoms with van der Waals surface area (Å²) >= 11 is 0. The first-order valence-electron chi connectivity index (χ1n) is 6.64. The maximum absolute atomic E-state index is 5.19. The van der Waals surface area contributed by atoms with Gasteiger partial charge in [0.2, 0.25) is 0 Å². The summed E-state index contributed by atoms with van der Waals surface area (Å²) in [6, 6.07) is 23.0. The average Bonchev–Trinajstić information content (AvgIpc) is 2.54. The quantitative estimate of drug-likeness (QED) is 0.684. The van der Waals surface area contributed by atoms with Gasteiger partial charge in [-0.3, -0.25) is 0 Å². The Morgan fingerprint density at radius 2 is 1.40 bits per heavy atom. The van der Waals surface area contributed by atoms with Gasteiger partial charge in [-0.15, -0.1) is 0 Å². The molecule has 0 saturated heterocycles. The lowest BCUT2D eigenvalue weighted by Crippen LogP contribution is -2.08. The van der Waals surface area contributed by atoms with Gasteiger partial charge in [0.15, 0.2) is 0 Å². The van der Waals surface area contributed by atoms with Gasteiger partial charge in [-0.2, -0.15) is 0 Å². The molecule has 0 spiro atoms. The molecule has 0 radical (unpaired) electrons. The van der Waals surface area contributed by atoms with E-state index in [4.69, 9.17) is 4.74 Å². The molecule has 100 valence electrons. The third kappa shape index (κ3) is 2.32. The van der Waals surface area contributed by atoms with Crippen molar-refractivity contribution < 1.29 is 4.74 Å². The molecule has 2 heteroatoms. The van der Waals surface area contributed by atoms with Gasteiger partial charge >= 0.3 is 0 Å². The topological polar surface area (TPSA) is 12.5 Å². The minimum absolute atomic E-state index is 0.876. The van der Waals surface area contributed by atoms with Crippen molar-refractivity contribution in [2.24, 2.45) is 0 Å². The van der Waals surface area contributed by atoms with Crippen molar-refractivity contribution in [2.45, 2.75) is 0 Å². The molecular weight excluding hydrogens is 246 g/mol. The molecule has 0 bridgehead atoms. The van der Waals surface area contributed by atoms with Crippen LogP contribution in [0.2, 0.25) is 0 Å². The molecule has 0 saturated carbocycles. The van der Waals surface area contributed by atoms with E-state index in [1.807, 2.05) is 12.1 Å². The van der Waals surface area contributed by atoms with Crippen LogP contribution in [0.5, 0.6) is 5.75 Å². The number of ether oxygens (including phenoxy) is 1. The lowest BCUT2D eigenvalue weighted by atomic mass is 10.1. The number of benzene rings is 3. The molecule has 0 aliphatic rings. The van der Waals surface area contributed by atoms with E-state index in [2.05, 4.69) is 66.5 Å². The Morgan fingerprint density at radius 3 is 2.10 bits per heavy atom. The molecule has 20 heavy (non-hydrogen) atoms. The fourth-order valence-corrected chi connectivity index (χ4v) is 2.34. The molecule has 0 atom stereocenters. The number of hydrogen-bond acceptors (Lipinski definition) is 2. The van der Waals surface area contributed by atoms with Crippen molar-refractivity contribution in [3.63, 3.8) is 0 Å². The van der Waals surface area contributed by atoms with Crippen LogP contribution in [0.1, 0.15) is 0 Å². The van der Waals surface area contributed by atoms with Gasteiger partial charge in [-0.25, -0.2) is 0 Å². The van der Waals surface area contributed by atoms with Gasteiger partial charge in [0.05, 0.1) is 7.11 Å². The Kier molecular flexibility index (Phi) is 3.30. The van der Waals surface area contributed by atoms with Crippen molar-refractivity contribution in [2.75, 3.05) is 19.1 Å². The van der Waals surface area contributed by atoms with E-state index in [1.54, 1.807) is 7.11 Å². The zero-order valence-corrected chi connectivity index (χ0v) is 11.7. The standard InChI is InChI=1S/C18H17NO/c1-19(16-9-11-18(20-2)12-10-16)17-8-7-14-5-3-4-6-15(14)13-17/h3-13H,1-2H3. The summed E-state index contributed by atoms with van der Waals surface area (Å²) in [5.74, 6) is 0.876. The minimum atomic E-state index is 0.876. The summed E-state index contributed by atoms with van der Waals surface area (Å²) in [5, 5.41) is 2.52. The van der Waals surface area contributed by atoms with Gasteiger partial charge in [0.1, 0.15) is 5.75 Å².